The second kappa shape index (κ2) is 10.0. The lowest BCUT2D eigenvalue weighted by Crippen LogP contribution is -2.38. The highest BCUT2D eigenvalue weighted by Crippen LogP contribution is 2.28. The van der Waals surface area contributed by atoms with Crippen LogP contribution in [0, 0.1) is 12.8 Å². The molecular weight excluding hydrogens is 412 g/mol. The predicted octanol–water partition coefficient (Wildman–Crippen LogP) is 3.95. The Morgan fingerprint density at radius 1 is 1.06 bits per heavy atom. The topological polar surface area (TPSA) is 58.4 Å². The van der Waals surface area contributed by atoms with Gasteiger partial charge in [0.05, 0.1) is 5.92 Å². The molecule has 6 nitrogen and oxygen atoms in total. The smallest absolute Gasteiger partial charge is 0.272 e. The molecular formula is C27H32N4O2. The van der Waals surface area contributed by atoms with Gasteiger partial charge in [-0.25, -0.2) is 0 Å². The monoisotopic (exact) mass is 444 g/mol. The summed E-state index contributed by atoms with van der Waals surface area (Å²) in [6.07, 6.45) is 3.13. The van der Waals surface area contributed by atoms with Crippen molar-refractivity contribution in [3.8, 4) is 11.1 Å². The van der Waals surface area contributed by atoms with Crippen molar-refractivity contribution in [2.45, 2.75) is 26.7 Å². The van der Waals surface area contributed by atoms with Crippen molar-refractivity contribution in [1.82, 2.24) is 19.6 Å². The molecule has 1 atom stereocenters. The largest absolute Gasteiger partial charge is 0.341 e. The van der Waals surface area contributed by atoms with Crippen LogP contribution in [0.1, 0.15) is 35.0 Å². The maximum absolute atomic E-state index is 13.5. The highest BCUT2D eigenvalue weighted by Gasteiger charge is 2.33. The fraction of sp³-hybridized carbons (Fsp3) is 0.370. The maximum atomic E-state index is 13.5. The van der Waals surface area contributed by atoms with Gasteiger partial charge in [-0.1, -0.05) is 61.0 Å². The van der Waals surface area contributed by atoms with Crippen LogP contribution in [-0.4, -0.2) is 57.6 Å². The van der Waals surface area contributed by atoms with Gasteiger partial charge in [0.15, 0.2) is 0 Å². The number of carbonyl (C=O) groups excluding carboxylic acids is 2. The molecule has 2 aromatic carbocycles. The van der Waals surface area contributed by atoms with Crippen LogP contribution in [0.3, 0.4) is 0 Å². The van der Waals surface area contributed by atoms with Gasteiger partial charge in [0.25, 0.3) is 5.91 Å². The van der Waals surface area contributed by atoms with Crippen LogP contribution in [0.2, 0.25) is 0 Å². The molecule has 1 fully saturated rings. The SMILES string of the molecule is CCCN1CCN(C(=O)c2ccnn2C)C[C@@H](Cc2ccccc2-c2ccc(C)cc2)C1=O. The number of aryl methyl sites for hydroxylation is 2. The van der Waals surface area contributed by atoms with Crippen LogP contribution in [0.25, 0.3) is 11.1 Å². The van der Waals surface area contributed by atoms with E-state index >= 15 is 0 Å². The number of nitrogens with zero attached hydrogens (tertiary/aromatic N) is 4. The lowest BCUT2D eigenvalue weighted by molar-refractivity contribution is -0.134. The van der Waals surface area contributed by atoms with Crippen LogP contribution in [0.15, 0.2) is 60.8 Å². The Morgan fingerprint density at radius 3 is 2.52 bits per heavy atom. The number of amides is 2. The quantitative estimate of drug-likeness (QED) is 0.579. The summed E-state index contributed by atoms with van der Waals surface area (Å²) in [6, 6.07) is 18.5. The fourth-order valence-corrected chi connectivity index (χ4v) is 4.60. The third kappa shape index (κ3) is 5.00. The Morgan fingerprint density at radius 2 is 1.82 bits per heavy atom. The summed E-state index contributed by atoms with van der Waals surface area (Å²) in [5.74, 6) is -0.225. The van der Waals surface area contributed by atoms with Crippen molar-refractivity contribution in [1.29, 1.82) is 0 Å². The fourth-order valence-electron chi connectivity index (χ4n) is 4.60. The summed E-state index contributed by atoms with van der Waals surface area (Å²) in [4.78, 5) is 30.5. The first-order valence-corrected chi connectivity index (χ1v) is 11.7. The van der Waals surface area contributed by atoms with Crippen molar-refractivity contribution in [2.24, 2.45) is 13.0 Å². The molecule has 6 heteroatoms. The summed E-state index contributed by atoms with van der Waals surface area (Å²) in [6.45, 7) is 6.38. The van der Waals surface area contributed by atoms with Crippen LogP contribution < -0.4 is 0 Å². The summed E-state index contributed by atoms with van der Waals surface area (Å²) in [5, 5.41) is 4.15. The van der Waals surface area contributed by atoms with Crippen molar-refractivity contribution in [3.63, 3.8) is 0 Å². The summed E-state index contributed by atoms with van der Waals surface area (Å²) in [5.41, 5.74) is 5.18. The molecule has 2 amide bonds. The molecule has 3 aromatic rings. The number of carbonyl (C=O) groups is 2. The average molecular weight is 445 g/mol. The zero-order chi connectivity index (χ0) is 23.4. The summed E-state index contributed by atoms with van der Waals surface area (Å²) < 4.78 is 1.60. The second-order valence-corrected chi connectivity index (χ2v) is 8.84. The van der Waals surface area contributed by atoms with E-state index in [1.54, 1.807) is 24.0 Å². The van der Waals surface area contributed by atoms with Crippen LogP contribution in [0.4, 0.5) is 0 Å². The van der Waals surface area contributed by atoms with E-state index in [1.807, 2.05) is 21.9 Å². The predicted molar refractivity (Wildman–Crippen MR) is 130 cm³/mol. The van der Waals surface area contributed by atoms with Gasteiger partial charge in [-0.15, -0.1) is 0 Å². The van der Waals surface area contributed by atoms with Crippen molar-refractivity contribution < 1.29 is 9.59 Å². The lowest BCUT2D eigenvalue weighted by atomic mass is 9.91. The van der Waals surface area contributed by atoms with E-state index in [4.69, 9.17) is 0 Å². The number of hydrogen-bond donors (Lipinski definition) is 0. The third-order valence-electron chi connectivity index (χ3n) is 6.41. The molecule has 33 heavy (non-hydrogen) atoms. The molecule has 1 aromatic heterocycles. The third-order valence-corrected chi connectivity index (χ3v) is 6.41. The molecule has 0 aliphatic carbocycles. The van der Waals surface area contributed by atoms with Gasteiger partial charge in [-0.05, 0) is 42.5 Å². The van der Waals surface area contributed by atoms with Gasteiger partial charge in [-0.3, -0.25) is 14.3 Å². The molecule has 4 rings (SSSR count). The molecule has 0 saturated carbocycles. The van der Waals surface area contributed by atoms with Crippen LogP contribution in [0.5, 0.6) is 0 Å². The van der Waals surface area contributed by atoms with Crippen LogP contribution in [-0.2, 0) is 18.3 Å². The van der Waals surface area contributed by atoms with E-state index in [0.29, 0.717) is 38.3 Å². The van der Waals surface area contributed by atoms with Gasteiger partial charge in [0, 0.05) is 39.4 Å². The number of aromatic nitrogens is 2. The Labute approximate surface area is 195 Å². The summed E-state index contributed by atoms with van der Waals surface area (Å²) in [7, 11) is 1.77. The van der Waals surface area contributed by atoms with Gasteiger partial charge < -0.3 is 9.80 Å². The Bertz CT molecular complexity index is 1120. The molecule has 0 bridgehead atoms. The average Bonchev–Trinajstić information content (AvgIpc) is 3.19. The molecule has 0 unspecified atom stereocenters. The van der Waals surface area contributed by atoms with Gasteiger partial charge in [0.2, 0.25) is 5.91 Å². The number of hydrogen-bond acceptors (Lipinski definition) is 3. The molecule has 0 radical (unpaired) electrons. The number of benzene rings is 2. The van der Waals surface area contributed by atoms with Gasteiger partial charge in [0.1, 0.15) is 5.69 Å². The first kappa shape index (κ1) is 22.8. The van der Waals surface area contributed by atoms with Gasteiger partial charge in [-0.2, -0.15) is 5.10 Å². The first-order chi connectivity index (χ1) is 16.0. The molecule has 172 valence electrons. The lowest BCUT2D eigenvalue weighted by Gasteiger charge is -2.24. The highest BCUT2D eigenvalue weighted by atomic mass is 16.2. The normalized spacial score (nSPS) is 16.7. The summed E-state index contributed by atoms with van der Waals surface area (Å²) >= 11 is 0. The molecule has 0 N–H and O–H groups in total. The minimum absolute atomic E-state index is 0.0713. The Balaban J connectivity index is 1.64. The number of rotatable bonds is 6. The van der Waals surface area contributed by atoms with E-state index in [1.165, 1.54) is 5.56 Å². The minimum Gasteiger partial charge on any atom is -0.341 e. The zero-order valence-corrected chi connectivity index (χ0v) is 19.7. The Hall–Kier alpha value is -3.41. The molecule has 1 saturated heterocycles. The maximum Gasteiger partial charge on any atom is 0.272 e. The van der Waals surface area contributed by atoms with E-state index in [0.717, 1.165) is 23.1 Å². The second-order valence-electron chi connectivity index (χ2n) is 8.84. The first-order valence-electron chi connectivity index (χ1n) is 11.7. The Kier molecular flexibility index (Phi) is 6.92. The molecule has 0 spiro atoms. The van der Waals surface area contributed by atoms with E-state index in [9.17, 15) is 9.59 Å². The van der Waals surface area contributed by atoms with Crippen LogP contribution >= 0.6 is 0 Å². The molecule has 1 aliphatic rings. The zero-order valence-electron chi connectivity index (χ0n) is 19.7. The van der Waals surface area contributed by atoms with Crippen molar-refractivity contribution in [3.05, 3.63) is 77.6 Å². The van der Waals surface area contributed by atoms with E-state index in [-0.39, 0.29) is 17.7 Å². The van der Waals surface area contributed by atoms with Crippen molar-refractivity contribution in [2.75, 3.05) is 26.2 Å². The van der Waals surface area contributed by atoms with Gasteiger partial charge >= 0.3 is 0 Å². The molecule has 2 heterocycles. The molecule has 1 aliphatic heterocycles. The van der Waals surface area contributed by atoms with E-state index in [2.05, 4.69) is 55.3 Å². The van der Waals surface area contributed by atoms with E-state index < -0.39 is 0 Å². The highest BCUT2D eigenvalue weighted by molar-refractivity contribution is 5.93. The minimum atomic E-state index is -0.289. The van der Waals surface area contributed by atoms with Crippen molar-refractivity contribution >= 4 is 11.8 Å². The standard InChI is InChI=1S/C27H32N4O2/c1-4-15-30-16-17-31(27(33)25-13-14-28-29(25)3)19-23(26(30)32)18-22-7-5-6-8-24(22)21-11-9-20(2)10-12-21/h5-14,23H,4,15-19H2,1-3H3/t23-/m1/s1.